The number of non-ortho nitro benzene ring substituents is 1. The topological polar surface area (TPSA) is 92.3 Å². The number of methoxy groups -OCH3 is 2. The van der Waals surface area contributed by atoms with Gasteiger partial charge in [0.15, 0.2) is 11.0 Å². The van der Waals surface area contributed by atoms with Gasteiger partial charge >= 0.3 is 0 Å². The lowest BCUT2D eigenvalue weighted by atomic mass is 10.2. The molecule has 1 heterocycles. The molecule has 3 aromatic carbocycles. The number of rotatable bonds is 8. The number of nitro groups is 1. The summed E-state index contributed by atoms with van der Waals surface area (Å²) in [6, 6.07) is 21.8. The lowest BCUT2D eigenvalue weighted by Gasteiger charge is -2.13. The van der Waals surface area contributed by atoms with Crippen LogP contribution in [0.4, 0.5) is 5.69 Å². The van der Waals surface area contributed by atoms with Gasteiger partial charge < -0.3 is 9.47 Å². The molecule has 0 atom stereocenters. The monoisotopic (exact) mass is 448 g/mol. The summed E-state index contributed by atoms with van der Waals surface area (Å²) in [5.41, 5.74) is 2.56. The molecule has 4 rings (SSSR count). The van der Waals surface area contributed by atoms with Crippen molar-refractivity contribution in [2.24, 2.45) is 0 Å². The van der Waals surface area contributed by atoms with Crippen LogP contribution in [-0.2, 0) is 5.75 Å². The van der Waals surface area contributed by atoms with Gasteiger partial charge in [0.25, 0.3) is 5.69 Å². The summed E-state index contributed by atoms with van der Waals surface area (Å²) in [6.45, 7) is 0. The van der Waals surface area contributed by atoms with Crippen molar-refractivity contribution in [3.05, 3.63) is 88.5 Å². The van der Waals surface area contributed by atoms with Crippen LogP contribution in [0.2, 0.25) is 0 Å². The number of aromatic nitrogens is 3. The summed E-state index contributed by atoms with van der Waals surface area (Å²) in [7, 11) is 3.24. The molecule has 0 saturated carbocycles. The molecule has 0 fully saturated rings. The third kappa shape index (κ3) is 4.42. The van der Waals surface area contributed by atoms with Crippen molar-refractivity contribution in [2.75, 3.05) is 14.2 Å². The van der Waals surface area contributed by atoms with Crippen molar-refractivity contribution in [3.63, 3.8) is 0 Å². The van der Waals surface area contributed by atoms with Gasteiger partial charge in [-0.2, -0.15) is 0 Å². The van der Waals surface area contributed by atoms with Gasteiger partial charge in [-0.25, -0.2) is 0 Å². The van der Waals surface area contributed by atoms with Crippen LogP contribution in [0.25, 0.3) is 17.1 Å². The van der Waals surface area contributed by atoms with Gasteiger partial charge in [0, 0.05) is 17.9 Å². The number of para-hydroxylation sites is 1. The van der Waals surface area contributed by atoms with E-state index >= 15 is 0 Å². The first-order chi connectivity index (χ1) is 15.6. The van der Waals surface area contributed by atoms with E-state index in [-0.39, 0.29) is 5.69 Å². The zero-order chi connectivity index (χ0) is 22.5. The number of thioether (sulfide) groups is 1. The lowest BCUT2D eigenvalue weighted by Crippen LogP contribution is -2.01. The third-order valence-corrected chi connectivity index (χ3v) is 5.80. The molecule has 9 heteroatoms. The average Bonchev–Trinajstić information content (AvgIpc) is 3.26. The van der Waals surface area contributed by atoms with E-state index in [9.17, 15) is 10.1 Å². The normalized spacial score (nSPS) is 10.7. The molecule has 0 aliphatic rings. The predicted molar refractivity (Wildman–Crippen MR) is 123 cm³/mol. The summed E-state index contributed by atoms with van der Waals surface area (Å²) in [6.07, 6.45) is 0. The van der Waals surface area contributed by atoms with Crippen molar-refractivity contribution in [2.45, 2.75) is 10.9 Å². The summed E-state index contributed by atoms with van der Waals surface area (Å²) >= 11 is 1.45. The number of benzene rings is 3. The lowest BCUT2D eigenvalue weighted by molar-refractivity contribution is -0.384. The molecule has 0 bridgehead atoms. The van der Waals surface area contributed by atoms with Gasteiger partial charge in [-0.3, -0.25) is 14.7 Å². The Morgan fingerprint density at radius 2 is 1.75 bits per heavy atom. The molecule has 1 aromatic heterocycles. The minimum atomic E-state index is -0.395. The standard InChI is InChI=1S/C23H20N4O4S/c1-30-19-12-10-17(11-13-19)26-22(20-8-3-4-9-21(20)31-2)24-25-23(26)32-15-16-6-5-7-18(14-16)27(28)29/h3-14H,15H2,1-2H3. The van der Waals surface area contributed by atoms with E-state index < -0.39 is 4.92 Å². The Balaban J connectivity index is 1.74. The molecule has 0 saturated heterocycles. The summed E-state index contributed by atoms with van der Waals surface area (Å²) in [5.74, 6) is 2.56. The highest BCUT2D eigenvalue weighted by atomic mass is 32.2. The second-order valence-electron chi connectivity index (χ2n) is 6.76. The van der Waals surface area contributed by atoms with E-state index in [4.69, 9.17) is 9.47 Å². The molecule has 0 spiro atoms. The molecule has 0 aliphatic heterocycles. The second kappa shape index (κ2) is 9.52. The number of hydrogen-bond acceptors (Lipinski definition) is 7. The van der Waals surface area contributed by atoms with Crippen LogP contribution in [0.1, 0.15) is 5.56 Å². The van der Waals surface area contributed by atoms with Gasteiger partial charge in [0.05, 0.1) is 30.4 Å². The molecular weight excluding hydrogens is 428 g/mol. The van der Waals surface area contributed by atoms with Crippen molar-refractivity contribution in [3.8, 4) is 28.6 Å². The van der Waals surface area contributed by atoms with Crippen LogP contribution in [-0.4, -0.2) is 33.9 Å². The van der Waals surface area contributed by atoms with Gasteiger partial charge in [0.2, 0.25) is 0 Å². The third-order valence-electron chi connectivity index (χ3n) is 4.80. The highest BCUT2D eigenvalue weighted by Crippen LogP contribution is 2.34. The van der Waals surface area contributed by atoms with E-state index in [2.05, 4.69) is 10.2 Å². The zero-order valence-corrected chi connectivity index (χ0v) is 18.3. The SMILES string of the molecule is COc1ccc(-n2c(SCc3cccc([N+](=O)[O-])c3)nnc2-c2ccccc2OC)cc1. The van der Waals surface area contributed by atoms with Crippen LogP contribution in [0.15, 0.2) is 78.0 Å². The predicted octanol–water partition coefficient (Wildman–Crippen LogP) is 5.15. The average molecular weight is 449 g/mol. The second-order valence-corrected chi connectivity index (χ2v) is 7.70. The molecule has 0 radical (unpaired) electrons. The minimum Gasteiger partial charge on any atom is -0.497 e. The zero-order valence-electron chi connectivity index (χ0n) is 17.5. The molecule has 0 amide bonds. The molecular formula is C23H20N4O4S. The van der Waals surface area contributed by atoms with E-state index in [0.717, 1.165) is 22.6 Å². The van der Waals surface area contributed by atoms with Crippen molar-refractivity contribution in [1.29, 1.82) is 0 Å². The van der Waals surface area contributed by atoms with Crippen LogP contribution in [0, 0.1) is 10.1 Å². The number of nitrogens with zero attached hydrogens (tertiary/aromatic N) is 4. The molecule has 0 unspecified atom stereocenters. The van der Waals surface area contributed by atoms with E-state index in [1.54, 1.807) is 26.4 Å². The first-order valence-corrected chi connectivity index (χ1v) is 10.7. The number of nitro benzene ring substituents is 1. The van der Waals surface area contributed by atoms with Crippen LogP contribution >= 0.6 is 11.8 Å². The van der Waals surface area contributed by atoms with Crippen molar-refractivity contribution < 1.29 is 14.4 Å². The van der Waals surface area contributed by atoms with E-state index in [0.29, 0.717) is 22.5 Å². The van der Waals surface area contributed by atoms with Gasteiger partial charge in [0.1, 0.15) is 11.5 Å². The first-order valence-electron chi connectivity index (χ1n) is 9.70. The Bertz CT molecular complexity index is 1240. The Labute approximate surface area is 189 Å². The maximum absolute atomic E-state index is 11.1. The quantitative estimate of drug-likeness (QED) is 0.209. The number of hydrogen-bond donors (Lipinski definition) is 0. The Kier molecular flexibility index (Phi) is 6.37. The highest BCUT2D eigenvalue weighted by molar-refractivity contribution is 7.98. The molecule has 32 heavy (non-hydrogen) atoms. The Hall–Kier alpha value is -3.85. The van der Waals surface area contributed by atoms with Crippen molar-refractivity contribution >= 4 is 17.4 Å². The van der Waals surface area contributed by atoms with Crippen LogP contribution < -0.4 is 9.47 Å². The molecule has 4 aromatic rings. The van der Waals surface area contributed by atoms with Gasteiger partial charge in [-0.1, -0.05) is 36.0 Å². The molecule has 0 N–H and O–H groups in total. The fraction of sp³-hybridized carbons (Fsp3) is 0.130. The summed E-state index contributed by atoms with van der Waals surface area (Å²) < 4.78 is 12.8. The maximum Gasteiger partial charge on any atom is 0.269 e. The minimum absolute atomic E-state index is 0.0643. The van der Waals surface area contributed by atoms with Crippen LogP contribution in [0.5, 0.6) is 11.5 Å². The number of ether oxygens (including phenoxy) is 2. The smallest absolute Gasteiger partial charge is 0.269 e. The van der Waals surface area contributed by atoms with Crippen molar-refractivity contribution in [1.82, 2.24) is 14.8 Å². The van der Waals surface area contributed by atoms with Gasteiger partial charge in [-0.05, 0) is 42.0 Å². The summed E-state index contributed by atoms with van der Waals surface area (Å²) in [4.78, 5) is 10.7. The Morgan fingerprint density at radius 3 is 2.47 bits per heavy atom. The van der Waals surface area contributed by atoms with E-state index in [1.807, 2.05) is 59.2 Å². The fourth-order valence-electron chi connectivity index (χ4n) is 3.24. The summed E-state index contributed by atoms with van der Waals surface area (Å²) in [5, 5.41) is 20.6. The molecule has 0 aliphatic carbocycles. The Morgan fingerprint density at radius 1 is 0.969 bits per heavy atom. The largest absolute Gasteiger partial charge is 0.497 e. The fourth-order valence-corrected chi connectivity index (χ4v) is 4.13. The van der Waals surface area contributed by atoms with Crippen LogP contribution in [0.3, 0.4) is 0 Å². The highest BCUT2D eigenvalue weighted by Gasteiger charge is 2.19. The van der Waals surface area contributed by atoms with Gasteiger partial charge in [-0.15, -0.1) is 10.2 Å². The van der Waals surface area contributed by atoms with E-state index in [1.165, 1.54) is 17.8 Å². The molecule has 8 nitrogen and oxygen atoms in total. The maximum atomic E-state index is 11.1. The molecule has 162 valence electrons. The first kappa shape index (κ1) is 21.4.